The van der Waals surface area contributed by atoms with Crippen molar-refractivity contribution in [3.8, 4) is 0 Å². The topological polar surface area (TPSA) is 55.0 Å². The van der Waals surface area contributed by atoms with Gasteiger partial charge in [-0.05, 0) is 35.2 Å². The molecule has 2 heterocycles. The SMILES string of the molecule is Nc1cncc(N(Cc2ccsc2)C2CC2)n1. The molecule has 0 amide bonds. The Kier molecular flexibility index (Phi) is 2.68. The molecule has 0 aliphatic heterocycles. The molecule has 2 N–H and O–H groups in total. The number of rotatable bonds is 4. The zero-order valence-electron chi connectivity index (χ0n) is 9.41. The van der Waals surface area contributed by atoms with E-state index in [1.807, 2.05) is 0 Å². The Morgan fingerprint density at radius 1 is 1.41 bits per heavy atom. The van der Waals surface area contributed by atoms with E-state index in [1.165, 1.54) is 18.4 Å². The first kappa shape index (κ1) is 10.5. The molecule has 4 nitrogen and oxygen atoms in total. The average Bonchev–Trinajstić information content (AvgIpc) is 3.03. The largest absolute Gasteiger partial charge is 0.382 e. The maximum absolute atomic E-state index is 5.69. The third-order valence-electron chi connectivity index (χ3n) is 2.86. The van der Waals surface area contributed by atoms with Crippen LogP contribution < -0.4 is 10.6 Å². The van der Waals surface area contributed by atoms with Crippen molar-refractivity contribution < 1.29 is 0 Å². The van der Waals surface area contributed by atoms with Gasteiger partial charge in [-0.25, -0.2) is 4.98 Å². The molecule has 0 atom stereocenters. The first-order valence-electron chi connectivity index (χ1n) is 5.68. The fourth-order valence-corrected chi connectivity index (χ4v) is 2.53. The molecule has 1 aliphatic rings. The second kappa shape index (κ2) is 4.33. The molecule has 5 heteroatoms. The molecule has 0 spiro atoms. The molecule has 0 radical (unpaired) electrons. The molecule has 0 bridgehead atoms. The van der Waals surface area contributed by atoms with Crippen LogP contribution in [0.4, 0.5) is 11.6 Å². The Balaban J connectivity index is 1.85. The fourth-order valence-electron chi connectivity index (χ4n) is 1.87. The van der Waals surface area contributed by atoms with Crippen LogP contribution in [-0.4, -0.2) is 16.0 Å². The van der Waals surface area contributed by atoms with Crippen LogP contribution in [0.3, 0.4) is 0 Å². The molecule has 0 saturated heterocycles. The summed E-state index contributed by atoms with van der Waals surface area (Å²) in [6, 6.07) is 2.76. The van der Waals surface area contributed by atoms with Crippen molar-refractivity contribution in [2.24, 2.45) is 0 Å². The summed E-state index contributed by atoms with van der Waals surface area (Å²) in [6.45, 7) is 0.895. The molecule has 2 aromatic heterocycles. The smallest absolute Gasteiger partial charge is 0.150 e. The van der Waals surface area contributed by atoms with Crippen molar-refractivity contribution in [1.29, 1.82) is 0 Å². The Morgan fingerprint density at radius 2 is 2.29 bits per heavy atom. The highest BCUT2D eigenvalue weighted by Gasteiger charge is 2.30. The summed E-state index contributed by atoms with van der Waals surface area (Å²) in [7, 11) is 0. The standard InChI is InChI=1S/C12H14N4S/c13-11-5-14-6-12(15-11)16(10-1-2-10)7-9-3-4-17-8-9/h3-6,8,10H,1-2,7H2,(H2,13,15). The van der Waals surface area contributed by atoms with Gasteiger partial charge in [0.15, 0.2) is 0 Å². The first-order valence-corrected chi connectivity index (χ1v) is 6.62. The predicted octanol–water partition coefficient (Wildman–Crippen LogP) is 2.29. The lowest BCUT2D eigenvalue weighted by Crippen LogP contribution is -2.26. The molecule has 1 saturated carbocycles. The Hall–Kier alpha value is -1.62. The molecule has 3 rings (SSSR count). The minimum absolute atomic E-state index is 0.485. The van der Waals surface area contributed by atoms with Gasteiger partial charge in [-0.3, -0.25) is 4.98 Å². The summed E-state index contributed by atoms with van der Waals surface area (Å²) >= 11 is 1.72. The van der Waals surface area contributed by atoms with E-state index in [0.717, 1.165) is 12.4 Å². The van der Waals surface area contributed by atoms with Crippen molar-refractivity contribution in [2.75, 3.05) is 10.6 Å². The van der Waals surface area contributed by atoms with E-state index in [0.29, 0.717) is 11.9 Å². The van der Waals surface area contributed by atoms with Gasteiger partial charge in [0.1, 0.15) is 11.6 Å². The number of nitrogens with zero attached hydrogens (tertiary/aromatic N) is 3. The van der Waals surface area contributed by atoms with E-state index in [-0.39, 0.29) is 0 Å². The van der Waals surface area contributed by atoms with Crippen LogP contribution in [-0.2, 0) is 6.54 Å². The molecule has 0 aromatic carbocycles. The maximum Gasteiger partial charge on any atom is 0.150 e. The van der Waals surface area contributed by atoms with Crippen LogP contribution in [0, 0.1) is 0 Å². The van der Waals surface area contributed by atoms with E-state index in [2.05, 4.69) is 31.7 Å². The Bertz CT molecular complexity index is 493. The second-order valence-electron chi connectivity index (χ2n) is 4.29. The lowest BCUT2D eigenvalue weighted by atomic mass is 10.3. The first-order chi connectivity index (χ1) is 8.33. The van der Waals surface area contributed by atoms with Crippen LogP contribution in [0.2, 0.25) is 0 Å². The van der Waals surface area contributed by atoms with Gasteiger partial charge in [0.25, 0.3) is 0 Å². The lowest BCUT2D eigenvalue weighted by Gasteiger charge is -2.22. The number of nitrogen functional groups attached to an aromatic ring is 1. The van der Waals surface area contributed by atoms with Gasteiger partial charge in [0, 0.05) is 12.6 Å². The number of thiophene rings is 1. The van der Waals surface area contributed by atoms with Gasteiger partial charge < -0.3 is 10.6 Å². The highest BCUT2D eigenvalue weighted by Crippen LogP contribution is 2.32. The zero-order valence-corrected chi connectivity index (χ0v) is 10.2. The molecular weight excluding hydrogens is 232 g/mol. The van der Waals surface area contributed by atoms with Crippen LogP contribution in [0.25, 0.3) is 0 Å². The van der Waals surface area contributed by atoms with E-state index < -0.39 is 0 Å². The number of hydrogen-bond acceptors (Lipinski definition) is 5. The van der Waals surface area contributed by atoms with Crippen molar-refractivity contribution >= 4 is 23.0 Å². The van der Waals surface area contributed by atoms with E-state index in [1.54, 1.807) is 23.7 Å². The van der Waals surface area contributed by atoms with Gasteiger partial charge >= 0.3 is 0 Å². The summed E-state index contributed by atoms with van der Waals surface area (Å²) < 4.78 is 0. The second-order valence-corrected chi connectivity index (χ2v) is 5.07. The summed E-state index contributed by atoms with van der Waals surface area (Å²) in [6.07, 6.45) is 5.85. The van der Waals surface area contributed by atoms with E-state index in [9.17, 15) is 0 Å². The minimum Gasteiger partial charge on any atom is -0.382 e. The number of hydrogen-bond donors (Lipinski definition) is 1. The van der Waals surface area contributed by atoms with Gasteiger partial charge in [-0.15, -0.1) is 0 Å². The molecule has 2 aromatic rings. The predicted molar refractivity (Wildman–Crippen MR) is 70.0 cm³/mol. The minimum atomic E-state index is 0.485. The van der Waals surface area contributed by atoms with Crippen LogP contribution in [0.5, 0.6) is 0 Å². The summed E-state index contributed by atoms with van der Waals surface area (Å²) in [5.74, 6) is 1.37. The van der Waals surface area contributed by atoms with E-state index in [4.69, 9.17) is 5.73 Å². The summed E-state index contributed by atoms with van der Waals surface area (Å²) in [4.78, 5) is 10.8. The van der Waals surface area contributed by atoms with Crippen LogP contribution in [0.15, 0.2) is 29.2 Å². The van der Waals surface area contributed by atoms with Gasteiger partial charge in [-0.1, -0.05) is 0 Å². The van der Waals surface area contributed by atoms with Crippen LogP contribution in [0.1, 0.15) is 18.4 Å². The van der Waals surface area contributed by atoms with Crippen molar-refractivity contribution in [2.45, 2.75) is 25.4 Å². The highest BCUT2D eigenvalue weighted by molar-refractivity contribution is 7.07. The lowest BCUT2D eigenvalue weighted by molar-refractivity contribution is 0.777. The van der Waals surface area contributed by atoms with E-state index >= 15 is 0 Å². The number of anilines is 2. The maximum atomic E-state index is 5.69. The molecule has 17 heavy (non-hydrogen) atoms. The number of aromatic nitrogens is 2. The zero-order chi connectivity index (χ0) is 11.7. The van der Waals surface area contributed by atoms with Crippen molar-refractivity contribution in [1.82, 2.24) is 9.97 Å². The van der Waals surface area contributed by atoms with Gasteiger partial charge in [-0.2, -0.15) is 11.3 Å². The third kappa shape index (κ3) is 2.39. The Morgan fingerprint density at radius 3 is 2.94 bits per heavy atom. The van der Waals surface area contributed by atoms with Gasteiger partial charge in [0.05, 0.1) is 12.4 Å². The normalized spacial score (nSPS) is 14.8. The summed E-state index contributed by atoms with van der Waals surface area (Å²) in [5.41, 5.74) is 7.02. The molecule has 88 valence electrons. The quantitative estimate of drug-likeness (QED) is 0.899. The molecule has 1 aliphatic carbocycles. The fraction of sp³-hybridized carbons (Fsp3) is 0.333. The van der Waals surface area contributed by atoms with Gasteiger partial charge in [0.2, 0.25) is 0 Å². The van der Waals surface area contributed by atoms with Crippen molar-refractivity contribution in [3.05, 3.63) is 34.8 Å². The Labute approximate surface area is 104 Å². The summed E-state index contributed by atoms with van der Waals surface area (Å²) in [5, 5.41) is 4.28. The third-order valence-corrected chi connectivity index (χ3v) is 3.59. The van der Waals surface area contributed by atoms with Crippen molar-refractivity contribution in [3.63, 3.8) is 0 Å². The highest BCUT2D eigenvalue weighted by atomic mass is 32.1. The molecule has 0 unspecified atom stereocenters. The average molecular weight is 246 g/mol. The van der Waals surface area contributed by atoms with Crippen LogP contribution >= 0.6 is 11.3 Å². The molecule has 1 fully saturated rings. The molecular formula is C12H14N4S. The monoisotopic (exact) mass is 246 g/mol. The number of nitrogens with two attached hydrogens (primary N) is 1.